The van der Waals surface area contributed by atoms with Gasteiger partial charge in [0.15, 0.2) is 6.61 Å². The Labute approximate surface area is 310 Å². The third-order valence-electron chi connectivity index (χ3n) is 8.92. The molecule has 14 heteroatoms. The van der Waals surface area contributed by atoms with E-state index in [-0.39, 0.29) is 50.1 Å². The fraction of sp³-hybridized carbons (Fsp3) is 0.410. The van der Waals surface area contributed by atoms with E-state index in [0.29, 0.717) is 57.3 Å². The highest BCUT2D eigenvalue weighted by atomic mass is 16.5. The number of amides is 3. The molecular formula is C39H49N7O7. The van der Waals surface area contributed by atoms with Crippen LogP contribution in [0.1, 0.15) is 35.4 Å². The molecule has 282 valence electrons. The zero-order chi connectivity index (χ0) is 37.4. The van der Waals surface area contributed by atoms with Gasteiger partial charge in [0.05, 0.1) is 58.8 Å². The Bertz CT molecular complexity index is 1740. The molecule has 0 saturated carbocycles. The number of likely N-dealkylation sites (N-methyl/N-ethyl adjacent to an activating group) is 1. The fourth-order valence-electron chi connectivity index (χ4n) is 5.82. The van der Waals surface area contributed by atoms with Crippen LogP contribution in [0.3, 0.4) is 0 Å². The van der Waals surface area contributed by atoms with Crippen molar-refractivity contribution in [2.45, 2.75) is 45.2 Å². The lowest BCUT2D eigenvalue weighted by Gasteiger charge is -2.33. The highest BCUT2D eigenvalue weighted by Crippen LogP contribution is 2.26. The molecule has 2 aliphatic rings. The maximum absolute atomic E-state index is 13.9. The summed E-state index contributed by atoms with van der Waals surface area (Å²) >= 11 is 0. The Morgan fingerprint density at radius 2 is 1.62 bits per heavy atom. The minimum Gasteiger partial charge on any atom is -0.497 e. The third kappa shape index (κ3) is 12.4. The van der Waals surface area contributed by atoms with Crippen molar-refractivity contribution in [1.82, 2.24) is 35.4 Å². The van der Waals surface area contributed by atoms with Gasteiger partial charge in [-0.25, -0.2) is 4.68 Å². The average molecular weight is 728 g/mol. The largest absolute Gasteiger partial charge is 0.497 e. The lowest BCUT2D eigenvalue weighted by molar-refractivity contribution is -0.137. The predicted octanol–water partition coefficient (Wildman–Crippen LogP) is 2.78. The standard InChI is InChI=1S/C39H49N7O7/c1-29-39(32-7-5-4-6-8-32)53-27-33-24-46(43-42-33)20-22-51-21-19-41-37(48)28-52-35-15-9-30(10-16-35)17-18-40-36(47)25-45(26-38(49)44(29)2)23-31-11-13-34(50-3)14-12-31/h4-16,24,29,39H,17-23,25-28H2,1-3H3,(H,40,47)(H,41,48)/t29-,39-/m0/s1. The van der Waals surface area contributed by atoms with Gasteiger partial charge < -0.3 is 34.5 Å². The first-order valence-corrected chi connectivity index (χ1v) is 17.8. The number of carbonyl (C=O) groups is 3. The number of nitrogens with zero attached hydrogens (tertiary/aromatic N) is 5. The van der Waals surface area contributed by atoms with Crippen molar-refractivity contribution in [3.63, 3.8) is 0 Å². The van der Waals surface area contributed by atoms with Crippen LogP contribution in [0.25, 0.3) is 0 Å². The van der Waals surface area contributed by atoms with E-state index in [1.54, 1.807) is 42.1 Å². The van der Waals surface area contributed by atoms with E-state index in [2.05, 4.69) is 20.9 Å². The zero-order valence-corrected chi connectivity index (χ0v) is 30.6. The second-order valence-corrected chi connectivity index (χ2v) is 12.8. The van der Waals surface area contributed by atoms with Gasteiger partial charge in [-0.15, -0.1) is 5.10 Å². The van der Waals surface area contributed by atoms with Crippen LogP contribution in [-0.2, 0) is 50.0 Å². The Morgan fingerprint density at radius 3 is 2.38 bits per heavy atom. The highest BCUT2D eigenvalue weighted by Gasteiger charge is 2.28. The molecule has 0 fully saturated rings. The van der Waals surface area contributed by atoms with Gasteiger partial charge in [0.2, 0.25) is 11.8 Å². The lowest BCUT2D eigenvalue weighted by Crippen LogP contribution is -2.47. The number of fused-ring (bicyclic) bond motifs is 22. The normalized spacial score (nSPS) is 19.6. The summed E-state index contributed by atoms with van der Waals surface area (Å²) < 4.78 is 24.7. The highest BCUT2D eigenvalue weighted by molar-refractivity contribution is 5.81. The molecule has 2 N–H and O–H groups in total. The van der Waals surface area contributed by atoms with Crippen LogP contribution in [0.15, 0.2) is 85.1 Å². The number of aromatic nitrogens is 3. The SMILES string of the molecule is COc1ccc(CN2CC(=O)NCCc3ccc(cc3)OCC(=O)NCCOCCn3cc(nn3)CO[C@H](c3ccccc3)[C@H](C)N(C)C(=O)C2)cc1. The van der Waals surface area contributed by atoms with Crippen LogP contribution in [-0.4, -0.2) is 109 Å². The molecule has 2 aliphatic heterocycles. The lowest BCUT2D eigenvalue weighted by atomic mass is 10.0. The Hall–Kier alpha value is -5.31. The predicted molar refractivity (Wildman–Crippen MR) is 197 cm³/mol. The number of rotatable bonds is 4. The summed E-state index contributed by atoms with van der Waals surface area (Å²) in [5.74, 6) is 0.695. The second kappa shape index (κ2) is 20.1. The van der Waals surface area contributed by atoms with E-state index in [9.17, 15) is 14.4 Å². The van der Waals surface area contributed by atoms with Crippen LogP contribution in [0.4, 0.5) is 0 Å². The van der Waals surface area contributed by atoms with Crippen LogP contribution < -0.4 is 20.1 Å². The molecule has 6 rings (SSSR count). The summed E-state index contributed by atoms with van der Waals surface area (Å²) in [6.45, 7) is 4.37. The van der Waals surface area contributed by atoms with Crippen molar-refractivity contribution < 1.29 is 33.3 Å². The molecule has 0 radical (unpaired) electrons. The Kier molecular flexibility index (Phi) is 14.7. The molecule has 4 bridgehead atoms. The van der Waals surface area contributed by atoms with E-state index in [4.69, 9.17) is 18.9 Å². The van der Waals surface area contributed by atoms with Gasteiger partial charge in [0.1, 0.15) is 23.3 Å². The fourth-order valence-corrected chi connectivity index (χ4v) is 5.82. The van der Waals surface area contributed by atoms with E-state index < -0.39 is 6.10 Å². The van der Waals surface area contributed by atoms with Crippen molar-refractivity contribution in [2.24, 2.45) is 0 Å². The number of carbonyl (C=O) groups excluding carboxylic acids is 3. The molecule has 0 unspecified atom stereocenters. The summed E-state index contributed by atoms with van der Waals surface area (Å²) in [4.78, 5) is 42.9. The quantitative estimate of drug-likeness (QED) is 0.301. The third-order valence-corrected chi connectivity index (χ3v) is 8.92. The van der Waals surface area contributed by atoms with Gasteiger partial charge in [-0.05, 0) is 54.3 Å². The van der Waals surface area contributed by atoms with Crippen molar-refractivity contribution >= 4 is 17.7 Å². The molecule has 3 aromatic carbocycles. The van der Waals surface area contributed by atoms with E-state index >= 15 is 0 Å². The van der Waals surface area contributed by atoms with Gasteiger partial charge >= 0.3 is 0 Å². The summed E-state index contributed by atoms with van der Waals surface area (Å²) in [6.07, 6.45) is 1.93. The molecule has 3 amide bonds. The van der Waals surface area contributed by atoms with E-state index in [1.165, 1.54) is 0 Å². The first kappa shape index (κ1) is 38.9. The number of methoxy groups -OCH3 is 1. The van der Waals surface area contributed by atoms with Crippen LogP contribution in [0, 0.1) is 0 Å². The zero-order valence-electron chi connectivity index (χ0n) is 30.6. The number of hydrogen-bond donors (Lipinski definition) is 2. The first-order chi connectivity index (χ1) is 25.8. The van der Waals surface area contributed by atoms with Crippen molar-refractivity contribution in [1.29, 1.82) is 0 Å². The molecule has 14 nitrogen and oxygen atoms in total. The van der Waals surface area contributed by atoms with Gasteiger partial charge in [0, 0.05) is 26.7 Å². The summed E-state index contributed by atoms with van der Waals surface area (Å²) in [5.41, 5.74) is 3.49. The number of benzene rings is 3. The maximum Gasteiger partial charge on any atom is 0.258 e. The smallest absolute Gasteiger partial charge is 0.258 e. The minimum absolute atomic E-state index is 0.0116. The van der Waals surface area contributed by atoms with Crippen molar-refractivity contribution in [3.05, 3.63) is 107 Å². The van der Waals surface area contributed by atoms with Crippen molar-refractivity contribution in [2.75, 3.05) is 60.2 Å². The van der Waals surface area contributed by atoms with Gasteiger partial charge in [-0.3, -0.25) is 19.3 Å². The molecule has 53 heavy (non-hydrogen) atoms. The molecule has 3 heterocycles. The maximum atomic E-state index is 13.9. The molecule has 2 atom stereocenters. The van der Waals surface area contributed by atoms with Crippen LogP contribution >= 0.6 is 0 Å². The average Bonchev–Trinajstić information content (AvgIpc) is 3.63. The molecular weight excluding hydrogens is 678 g/mol. The Balaban J connectivity index is 1.32. The molecule has 0 saturated heterocycles. The number of hydrogen-bond acceptors (Lipinski definition) is 10. The van der Waals surface area contributed by atoms with E-state index in [0.717, 1.165) is 22.4 Å². The van der Waals surface area contributed by atoms with Gasteiger partial charge in [0.25, 0.3) is 5.91 Å². The first-order valence-electron chi connectivity index (χ1n) is 17.8. The van der Waals surface area contributed by atoms with Gasteiger partial charge in [-0.1, -0.05) is 59.8 Å². The van der Waals surface area contributed by atoms with Crippen LogP contribution in [0.2, 0.25) is 0 Å². The monoisotopic (exact) mass is 727 g/mol. The summed E-state index contributed by atoms with van der Waals surface area (Å²) in [5, 5.41) is 14.3. The van der Waals surface area contributed by atoms with E-state index in [1.807, 2.05) is 78.6 Å². The minimum atomic E-state index is -0.470. The molecule has 4 aromatic rings. The van der Waals surface area contributed by atoms with Crippen molar-refractivity contribution in [3.8, 4) is 11.5 Å². The molecule has 0 aliphatic carbocycles. The second-order valence-electron chi connectivity index (χ2n) is 12.8. The van der Waals surface area contributed by atoms with Gasteiger partial charge in [-0.2, -0.15) is 0 Å². The summed E-state index contributed by atoms with van der Waals surface area (Å²) in [7, 11) is 3.37. The topological polar surface area (TPSA) is 149 Å². The number of ether oxygens (including phenoxy) is 4. The van der Waals surface area contributed by atoms with Crippen LogP contribution in [0.5, 0.6) is 11.5 Å². The summed E-state index contributed by atoms with van der Waals surface area (Å²) in [6, 6.07) is 24.4. The number of nitrogens with one attached hydrogen (secondary N) is 2. The molecule has 1 aromatic heterocycles. The Morgan fingerprint density at radius 1 is 0.868 bits per heavy atom. The molecule has 0 spiro atoms.